The molecule has 0 amide bonds. The van der Waals surface area contributed by atoms with E-state index in [1.165, 1.54) is 6.07 Å². The van der Waals surface area contributed by atoms with E-state index in [0.29, 0.717) is 12.2 Å². The topological polar surface area (TPSA) is 61.0 Å². The third-order valence-corrected chi connectivity index (χ3v) is 1.74. The number of hydrogen-bond donors (Lipinski definition) is 0. The first-order chi connectivity index (χ1) is 6.69. The second kappa shape index (κ2) is 4.36. The summed E-state index contributed by atoms with van der Waals surface area (Å²) in [5.41, 5.74) is 0.651. The van der Waals surface area contributed by atoms with E-state index in [0.717, 1.165) is 6.42 Å². The summed E-state index contributed by atoms with van der Waals surface area (Å²) in [5, 5.41) is 14.2. The Hall–Kier alpha value is -1.91. The molecule has 0 aliphatic rings. The largest absolute Gasteiger partial charge is 0.390 e. The van der Waals surface area contributed by atoms with Crippen molar-refractivity contribution in [1.29, 1.82) is 0 Å². The van der Waals surface area contributed by atoms with Crippen molar-refractivity contribution in [3.63, 3.8) is 0 Å². The molecule has 1 heterocycles. The van der Waals surface area contributed by atoms with Gasteiger partial charge in [0.2, 0.25) is 0 Å². The van der Waals surface area contributed by atoms with Crippen LogP contribution in [0.2, 0.25) is 0 Å². The molecule has 0 aliphatic carbocycles. The highest BCUT2D eigenvalue weighted by Crippen LogP contribution is 2.13. The molecule has 1 aromatic heterocycles. The predicted molar refractivity (Wildman–Crippen MR) is 53.8 cm³/mol. The van der Waals surface area contributed by atoms with E-state index < -0.39 is 4.92 Å². The Morgan fingerprint density at radius 1 is 1.64 bits per heavy atom. The maximum absolute atomic E-state index is 10.4. The Kier molecular flexibility index (Phi) is 3.17. The fraction of sp³-hybridized carbons (Fsp3) is 0.222. The molecule has 0 bridgehead atoms. The molecule has 1 rings (SSSR count). The molecule has 0 saturated carbocycles. The normalized spacial score (nSPS) is 9.71. The lowest BCUT2D eigenvalue weighted by Gasteiger charge is -1.94. The van der Waals surface area contributed by atoms with Gasteiger partial charge in [0.1, 0.15) is 0 Å². The van der Waals surface area contributed by atoms with Crippen molar-refractivity contribution in [3.8, 4) is 0 Å². The van der Waals surface area contributed by atoms with Crippen LogP contribution in [0.25, 0.3) is 6.08 Å². The summed E-state index contributed by atoms with van der Waals surface area (Å²) in [7, 11) is 0. The SMILES string of the molecule is C=CCCn1nc([N+](=O)[O-])cc1C=C. The number of aryl methyl sites for hydroxylation is 1. The van der Waals surface area contributed by atoms with Gasteiger partial charge < -0.3 is 10.1 Å². The van der Waals surface area contributed by atoms with E-state index in [2.05, 4.69) is 18.3 Å². The minimum absolute atomic E-state index is 0.149. The van der Waals surface area contributed by atoms with Gasteiger partial charge in [-0.05, 0) is 17.4 Å². The second-order valence-corrected chi connectivity index (χ2v) is 2.69. The average molecular weight is 193 g/mol. The molecule has 14 heavy (non-hydrogen) atoms. The van der Waals surface area contributed by atoms with Crippen molar-refractivity contribution >= 4 is 11.9 Å². The number of nitro groups is 1. The summed E-state index contributed by atoms with van der Waals surface area (Å²) in [6.07, 6.45) is 4.00. The number of allylic oxidation sites excluding steroid dienone is 1. The van der Waals surface area contributed by atoms with Crippen LogP contribution in [0.1, 0.15) is 12.1 Å². The molecule has 0 aromatic carbocycles. The highest BCUT2D eigenvalue weighted by Gasteiger charge is 2.15. The van der Waals surface area contributed by atoms with Gasteiger partial charge in [0.25, 0.3) is 0 Å². The smallest absolute Gasteiger partial charge is 0.358 e. The molecule has 0 aliphatic heterocycles. The summed E-state index contributed by atoms with van der Waals surface area (Å²) in [5.74, 6) is -0.149. The van der Waals surface area contributed by atoms with Crippen LogP contribution >= 0.6 is 0 Å². The van der Waals surface area contributed by atoms with Gasteiger partial charge in [-0.15, -0.1) is 6.58 Å². The summed E-state index contributed by atoms with van der Waals surface area (Å²) in [6, 6.07) is 1.40. The molecule has 5 nitrogen and oxygen atoms in total. The van der Waals surface area contributed by atoms with E-state index in [9.17, 15) is 10.1 Å². The van der Waals surface area contributed by atoms with Crippen LogP contribution in [0.4, 0.5) is 5.82 Å². The van der Waals surface area contributed by atoms with Crippen LogP contribution in [0.15, 0.2) is 25.3 Å². The maximum Gasteiger partial charge on any atom is 0.390 e. The fourth-order valence-electron chi connectivity index (χ4n) is 1.06. The van der Waals surface area contributed by atoms with Crippen molar-refractivity contribution in [3.05, 3.63) is 41.1 Å². The van der Waals surface area contributed by atoms with Crippen molar-refractivity contribution in [2.45, 2.75) is 13.0 Å². The minimum atomic E-state index is -0.516. The minimum Gasteiger partial charge on any atom is -0.358 e. The van der Waals surface area contributed by atoms with Crippen LogP contribution in [0, 0.1) is 10.1 Å². The van der Waals surface area contributed by atoms with Crippen molar-refractivity contribution < 1.29 is 4.92 Å². The zero-order valence-corrected chi connectivity index (χ0v) is 7.72. The van der Waals surface area contributed by atoms with Crippen LogP contribution in [0.3, 0.4) is 0 Å². The first-order valence-corrected chi connectivity index (χ1v) is 4.14. The number of rotatable bonds is 5. The first-order valence-electron chi connectivity index (χ1n) is 4.14. The Balaban J connectivity index is 2.95. The molecule has 0 radical (unpaired) electrons. The Labute approximate surface area is 81.5 Å². The van der Waals surface area contributed by atoms with Gasteiger partial charge >= 0.3 is 5.82 Å². The number of aromatic nitrogens is 2. The van der Waals surface area contributed by atoms with Gasteiger partial charge in [-0.2, -0.15) is 4.68 Å². The Bertz CT molecular complexity index is 368. The maximum atomic E-state index is 10.4. The third-order valence-electron chi connectivity index (χ3n) is 1.74. The van der Waals surface area contributed by atoms with Crippen LogP contribution in [-0.4, -0.2) is 14.7 Å². The van der Waals surface area contributed by atoms with Gasteiger partial charge in [-0.3, -0.25) is 0 Å². The van der Waals surface area contributed by atoms with Crippen molar-refractivity contribution in [2.24, 2.45) is 0 Å². The van der Waals surface area contributed by atoms with Gasteiger partial charge in [0.15, 0.2) is 0 Å². The lowest BCUT2D eigenvalue weighted by atomic mass is 10.4. The number of nitrogens with zero attached hydrogens (tertiary/aromatic N) is 3. The van der Waals surface area contributed by atoms with Gasteiger partial charge in [0.05, 0.1) is 23.4 Å². The van der Waals surface area contributed by atoms with Crippen LogP contribution in [0.5, 0.6) is 0 Å². The van der Waals surface area contributed by atoms with E-state index in [1.807, 2.05) is 0 Å². The molecule has 0 spiro atoms. The molecule has 0 saturated heterocycles. The van der Waals surface area contributed by atoms with Crippen LogP contribution < -0.4 is 0 Å². The molecule has 0 atom stereocenters. The highest BCUT2D eigenvalue weighted by molar-refractivity contribution is 5.45. The lowest BCUT2D eigenvalue weighted by molar-refractivity contribution is -0.389. The quantitative estimate of drug-likeness (QED) is 0.408. The molecule has 0 N–H and O–H groups in total. The summed E-state index contributed by atoms with van der Waals surface area (Å²) < 4.78 is 1.55. The van der Waals surface area contributed by atoms with E-state index >= 15 is 0 Å². The fourth-order valence-corrected chi connectivity index (χ4v) is 1.06. The molecule has 0 unspecified atom stereocenters. The van der Waals surface area contributed by atoms with Crippen molar-refractivity contribution in [2.75, 3.05) is 0 Å². The second-order valence-electron chi connectivity index (χ2n) is 2.69. The first kappa shape index (κ1) is 10.2. The predicted octanol–water partition coefficient (Wildman–Crippen LogP) is 2.01. The van der Waals surface area contributed by atoms with Crippen LogP contribution in [-0.2, 0) is 6.54 Å². The average Bonchev–Trinajstić information content (AvgIpc) is 2.57. The molecular weight excluding hydrogens is 182 g/mol. The van der Waals surface area contributed by atoms with Gasteiger partial charge in [0, 0.05) is 0 Å². The summed E-state index contributed by atoms with van der Waals surface area (Å²) >= 11 is 0. The zero-order chi connectivity index (χ0) is 10.6. The lowest BCUT2D eigenvalue weighted by Crippen LogP contribution is -2.01. The van der Waals surface area contributed by atoms with Gasteiger partial charge in [-0.25, -0.2) is 0 Å². The third kappa shape index (κ3) is 2.07. The highest BCUT2D eigenvalue weighted by atomic mass is 16.6. The Morgan fingerprint density at radius 3 is 2.86 bits per heavy atom. The molecule has 0 fully saturated rings. The molecular formula is C9H11N3O2. The number of hydrogen-bond acceptors (Lipinski definition) is 3. The monoisotopic (exact) mass is 193 g/mol. The Morgan fingerprint density at radius 2 is 2.36 bits per heavy atom. The van der Waals surface area contributed by atoms with E-state index in [4.69, 9.17) is 0 Å². The van der Waals surface area contributed by atoms with E-state index in [1.54, 1.807) is 16.8 Å². The summed E-state index contributed by atoms with van der Waals surface area (Å²) in [4.78, 5) is 9.92. The van der Waals surface area contributed by atoms with Crippen molar-refractivity contribution in [1.82, 2.24) is 9.78 Å². The standard InChI is InChI=1S/C9H11N3O2/c1-3-5-6-11-8(4-2)7-9(10-11)12(13)14/h3-4,7H,1-2,5-6H2. The summed E-state index contributed by atoms with van der Waals surface area (Å²) in [6.45, 7) is 7.72. The molecule has 1 aromatic rings. The van der Waals surface area contributed by atoms with Gasteiger partial charge in [-0.1, -0.05) is 12.7 Å². The molecule has 5 heteroatoms. The molecule has 74 valence electrons. The zero-order valence-electron chi connectivity index (χ0n) is 7.72. The van der Waals surface area contributed by atoms with E-state index in [-0.39, 0.29) is 5.82 Å².